The molecule has 0 aliphatic heterocycles. The number of aliphatic hydroxyl groups excluding tert-OH is 1. The molecule has 1 nitrogen and oxygen atoms in total. The fourth-order valence-electron chi connectivity index (χ4n) is 1.48. The fourth-order valence-corrected chi connectivity index (χ4v) is 2.24. The first-order chi connectivity index (χ1) is 6.25. The summed E-state index contributed by atoms with van der Waals surface area (Å²) in [5.74, 6) is 0. The van der Waals surface area contributed by atoms with E-state index in [2.05, 4.69) is 13.8 Å². The van der Waals surface area contributed by atoms with E-state index in [4.69, 9.17) is 0 Å². The van der Waals surface area contributed by atoms with E-state index in [9.17, 15) is 5.11 Å². The van der Waals surface area contributed by atoms with Gasteiger partial charge in [0, 0.05) is 4.88 Å². The first-order valence-corrected chi connectivity index (χ1v) is 5.85. The summed E-state index contributed by atoms with van der Waals surface area (Å²) in [6.07, 6.45) is 4.24. The van der Waals surface area contributed by atoms with Crippen LogP contribution in [0.5, 0.6) is 0 Å². The molecule has 0 aliphatic carbocycles. The molecule has 1 heterocycles. The maximum atomic E-state index is 9.82. The molecule has 1 aromatic rings. The zero-order valence-electron chi connectivity index (χ0n) is 8.42. The Hall–Kier alpha value is -0.340. The Kier molecular flexibility index (Phi) is 4.46. The molecular weight excluding hydrogens is 180 g/mol. The minimum absolute atomic E-state index is 0.238. The van der Waals surface area contributed by atoms with E-state index < -0.39 is 0 Å². The molecule has 0 amide bonds. The highest BCUT2D eigenvalue weighted by atomic mass is 32.1. The summed E-state index contributed by atoms with van der Waals surface area (Å²) in [5, 5.41) is 11.9. The number of hydrogen-bond acceptors (Lipinski definition) is 2. The van der Waals surface area contributed by atoms with Gasteiger partial charge in [0.2, 0.25) is 0 Å². The van der Waals surface area contributed by atoms with Crippen molar-refractivity contribution in [1.82, 2.24) is 0 Å². The second kappa shape index (κ2) is 5.40. The van der Waals surface area contributed by atoms with Crippen LogP contribution in [0, 0.1) is 6.92 Å². The molecule has 1 rings (SSSR count). The van der Waals surface area contributed by atoms with Gasteiger partial charge in [0.25, 0.3) is 0 Å². The van der Waals surface area contributed by atoms with Gasteiger partial charge in [-0.2, -0.15) is 0 Å². The van der Waals surface area contributed by atoms with Crippen molar-refractivity contribution in [2.75, 3.05) is 0 Å². The molecule has 1 unspecified atom stereocenters. The Morgan fingerprint density at radius 3 is 2.77 bits per heavy atom. The van der Waals surface area contributed by atoms with Crippen molar-refractivity contribution in [2.45, 2.75) is 45.6 Å². The predicted molar refractivity (Wildman–Crippen MR) is 58.2 cm³/mol. The summed E-state index contributed by atoms with van der Waals surface area (Å²) in [6.45, 7) is 4.26. The SMILES string of the molecule is CCCCCC(O)c1ccsc1C. The molecule has 0 saturated carbocycles. The lowest BCUT2D eigenvalue weighted by Gasteiger charge is -2.09. The number of thiophene rings is 1. The van der Waals surface area contributed by atoms with Crippen LogP contribution in [0.15, 0.2) is 11.4 Å². The van der Waals surface area contributed by atoms with Gasteiger partial charge in [0.15, 0.2) is 0 Å². The smallest absolute Gasteiger partial charge is 0.0800 e. The molecule has 0 saturated heterocycles. The lowest BCUT2D eigenvalue weighted by atomic mass is 10.0. The highest BCUT2D eigenvalue weighted by molar-refractivity contribution is 7.10. The maximum absolute atomic E-state index is 9.82. The standard InChI is InChI=1S/C11H18OS/c1-3-4-5-6-11(12)10-7-8-13-9(10)2/h7-8,11-12H,3-6H2,1-2H3. The normalized spacial score (nSPS) is 13.2. The molecule has 2 heteroatoms. The summed E-state index contributed by atoms with van der Waals surface area (Å²) in [6, 6.07) is 2.04. The minimum Gasteiger partial charge on any atom is -0.388 e. The van der Waals surface area contributed by atoms with Gasteiger partial charge in [-0.25, -0.2) is 0 Å². The van der Waals surface area contributed by atoms with Gasteiger partial charge in [-0.3, -0.25) is 0 Å². The van der Waals surface area contributed by atoms with E-state index in [0.717, 1.165) is 18.4 Å². The Bertz CT molecular complexity index is 242. The molecule has 0 spiro atoms. The minimum atomic E-state index is -0.238. The van der Waals surface area contributed by atoms with E-state index >= 15 is 0 Å². The zero-order valence-corrected chi connectivity index (χ0v) is 9.23. The Morgan fingerprint density at radius 1 is 1.46 bits per heavy atom. The lowest BCUT2D eigenvalue weighted by Crippen LogP contribution is -1.96. The monoisotopic (exact) mass is 198 g/mol. The molecule has 0 aliphatic rings. The van der Waals surface area contributed by atoms with Crippen molar-refractivity contribution in [1.29, 1.82) is 0 Å². The van der Waals surface area contributed by atoms with Crippen LogP contribution in [0.3, 0.4) is 0 Å². The second-order valence-electron chi connectivity index (χ2n) is 3.44. The molecule has 0 aromatic carbocycles. The number of hydrogen-bond donors (Lipinski definition) is 1. The third-order valence-electron chi connectivity index (χ3n) is 2.34. The summed E-state index contributed by atoms with van der Waals surface area (Å²) in [4.78, 5) is 1.25. The van der Waals surface area contributed by atoms with Crippen molar-refractivity contribution in [3.05, 3.63) is 21.9 Å². The number of aliphatic hydroxyl groups is 1. The molecule has 1 N–H and O–H groups in total. The third kappa shape index (κ3) is 3.12. The average Bonchev–Trinajstić information content (AvgIpc) is 2.52. The van der Waals surface area contributed by atoms with Gasteiger partial charge in [-0.15, -0.1) is 11.3 Å². The quantitative estimate of drug-likeness (QED) is 0.716. The van der Waals surface area contributed by atoms with Gasteiger partial charge >= 0.3 is 0 Å². The molecule has 0 radical (unpaired) electrons. The van der Waals surface area contributed by atoms with Crippen LogP contribution >= 0.6 is 11.3 Å². The first kappa shape index (κ1) is 10.7. The highest BCUT2D eigenvalue weighted by Gasteiger charge is 2.09. The van der Waals surface area contributed by atoms with Crippen LogP contribution in [0.1, 0.15) is 49.2 Å². The van der Waals surface area contributed by atoms with Crippen molar-refractivity contribution < 1.29 is 5.11 Å². The number of unbranched alkanes of at least 4 members (excludes halogenated alkanes) is 2. The summed E-state index contributed by atoms with van der Waals surface area (Å²) in [5.41, 5.74) is 1.13. The van der Waals surface area contributed by atoms with Crippen LogP contribution in [0.25, 0.3) is 0 Å². The Morgan fingerprint density at radius 2 is 2.23 bits per heavy atom. The van der Waals surface area contributed by atoms with Crippen molar-refractivity contribution in [3.8, 4) is 0 Å². The molecule has 13 heavy (non-hydrogen) atoms. The Balaban J connectivity index is 2.39. The number of rotatable bonds is 5. The van der Waals surface area contributed by atoms with E-state index in [1.54, 1.807) is 11.3 Å². The van der Waals surface area contributed by atoms with Gasteiger partial charge in [-0.1, -0.05) is 26.2 Å². The predicted octanol–water partition coefficient (Wildman–Crippen LogP) is 3.67. The average molecular weight is 198 g/mol. The van der Waals surface area contributed by atoms with Gasteiger partial charge < -0.3 is 5.11 Å². The van der Waals surface area contributed by atoms with E-state index in [1.807, 2.05) is 11.4 Å². The largest absolute Gasteiger partial charge is 0.388 e. The molecule has 0 bridgehead atoms. The molecular formula is C11H18OS. The van der Waals surface area contributed by atoms with Gasteiger partial charge in [-0.05, 0) is 30.4 Å². The molecule has 0 fully saturated rings. The van der Waals surface area contributed by atoms with Crippen molar-refractivity contribution in [3.63, 3.8) is 0 Å². The van der Waals surface area contributed by atoms with Crippen LogP contribution in [0.2, 0.25) is 0 Å². The zero-order chi connectivity index (χ0) is 9.68. The highest BCUT2D eigenvalue weighted by Crippen LogP contribution is 2.26. The molecule has 1 aromatic heterocycles. The van der Waals surface area contributed by atoms with Crippen LogP contribution in [0.4, 0.5) is 0 Å². The fraction of sp³-hybridized carbons (Fsp3) is 0.636. The van der Waals surface area contributed by atoms with E-state index in [1.165, 1.54) is 17.7 Å². The first-order valence-electron chi connectivity index (χ1n) is 4.97. The lowest BCUT2D eigenvalue weighted by molar-refractivity contribution is 0.163. The van der Waals surface area contributed by atoms with E-state index in [-0.39, 0.29) is 6.10 Å². The Labute approximate surface area is 84.4 Å². The van der Waals surface area contributed by atoms with Crippen LogP contribution in [-0.2, 0) is 0 Å². The third-order valence-corrected chi connectivity index (χ3v) is 3.20. The van der Waals surface area contributed by atoms with Crippen molar-refractivity contribution in [2.24, 2.45) is 0 Å². The van der Waals surface area contributed by atoms with Gasteiger partial charge in [0.1, 0.15) is 0 Å². The van der Waals surface area contributed by atoms with Crippen LogP contribution < -0.4 is 0 Å². The van der Waals surface area contributed by atoms with Crippen LogP contribution in [-0.4, -0.2) is 5.11 Å². The van der Waals surface area contributed by atoms with E-state index in [0.29, 0.717) is 0 Å². The topological polar surface area (TPSA) is 20.2 Å². The summed E-state index contributed by atoms with van der Waals surface area (Å²) in [7, 11) is 0. The summed E-state index contributed by atoms with van der Waals surface area (Å²) < 4.78 is 0. The van der Waals surface area contributed by atoms with Gasteiger partial charge in [0.05, 0.1) is 6.10 Å². The summed E-state index contributed by atoms with van der Waals surface area (Å²) >= 11 is 1.71. The number of aryl methyl sites for hydroxylation is 1. The van der Waals surface area contributed by atoms with Crippen molar-refractivity contribution >= 4 is 11.3 Å². The molecule has 1 atom stereocenters. The second-order valence-corrected chi connectivity index (χ2v) is 4.56. The molecule has 74 valence electrons. The maximum Gasteiger partial charge on any atom is 0.0800 e.